The van der Waals surface area contributed by atoms with Crippen LogP contribution in [0.15, 0.2) is 48.5 Å². The van der Waals surface area contributed by atoms with Crippen LogP contribution in [0.2, 0.25) is 5.02 Å². The summed E-state index contributed by atoms with van der Waals surface area (Å²) in [6, 6.07) is 17.6. The minimum absolute atomic E-state index is 0.414. The summed E-state index contributed by atoms with van der Waals surface area (Å²) >= 11 is 6.00. The van der Waals surface area contributed by atoms with Crippen molar-refractivity contribution in [3.05, 3.63) is 70.2 Å². The number of benzene rings is 2. The second kappa shape index (κ2) is 8.21. The summed E-state index contributed by atoms with van der Waals surface area (Å²) < 4.78 is 0. The number of rotatable bonds is 5. The van der Waals surface area contributed by atoms with Crippen molar-refractivity contribution in [3.63, 3.8) is 0 Å². The zero-order valence-electron chi connectivity index (χ0n) is 15.0. The molecule has 128 valence electrons. The van der Waals surface area contributed by atoms with Crippen LogP contribution in [0.4, 0.5) is 0 Å². The number of halogens is 1. The molecular weight excluding hydrogens is 312 g/mol. The largest absolute Gasteiger partial charge is 0.0843 e. The zero-order valence-corrected chi connectivity index (χ0v) is 15.7. The Morgan fingerprint density at radius 2 is 1.42 bits per heavy atom. The molecule has 0 nitrogen and oxygen atoms in total. The molecule has 0 aliphatic heterocycles. The molecule has 0 spiro atoms. The second-order valence-corrected chi connectivity index (χ2v) is 7.88. The maximum absolute atomic E-state index is 6.00. The summed E-state index contributed by atoms with van der Waals surface area (Å²) in [6.45, 7) is 4.58. The molecule has 0 saturated heterocycles. The lowest BCUT2D eigenvalue weighted by Gasteiger charge is -2.28. The van der Waals surface area contributed by atoms with Crippen molar-refractivity contribution in [2.24, 2.45) is 5.92 Å². The minimum Gasteiger partial charge on any atom is -0.0843 e. The second-order valence-electron chi connectivity index (χ2n) is 7.45. The molecule has 2 aromatic carbocycles. The van der Waals surface area contributed by atoms with Crippen molar-refractivity contribution in [2.75, 3.05) is 0 Å². The number of hydrogen-bond donors (Lipinski definition) is 0. The lowest BCUT2D eigenvalue weighted by atomic mass is 9.77. The molecule has 3 rings (SSSR count). The van der Waals surface area contributed by atoms with Gasteiger partial charge in [0.15, 0.2) is 0 Å². The van der Waals surface area contributed by atoms with Crippen molar-refractivity contribution >= 4 is 11.6 Å². The minimum atomic E-state index is 0.414. The molecule has 0 aromatic heterocycles. The van der Waals surface area contributed by atoms with Crippen molar-refractivity contribution in [3.8, 4) is 0 Å². The van der Waals surface area contributed by atoms with Crippen LogP contribution >= 0.6 is 11.6 Å². The molecule has 1 aliphatic rings. The standard InChI is InChI=1S/C23H29Cl/c1-3-4-18-5-7-21(8-6-18)22-11-9-19(10-12-22)17(2)20-13-15-23(24)16-14-20/h9-18,21H,3-8H2,1-2H3. The van der Waals surface area contributed by atoms with E-state index in [2.05, 4.69) is 50.2 Å². The first-order valence-electron chi connectivity index (χ1n) is 9.52. The highest BCUT2D eigenvalue weighted by Gasteiger charge is 2.21. The van der Waals surface area contributed by atoms with Crippen molar-refractivity contribution in [1.82, 2.24) is 0 Å². The summed E-state index contributed by atoms with van der Waals surface area (Å²) in [6.07, 6.45) is 8.34. The van der Waals surface area contributed by atoms with Gasteiger partial charge in [-0.15, -0.1) is 0 Å². The predicted octanol–water partition coefficient (Wildman–Crippen LogP) is 7.57. The molecule has 0 heterocycles. The monoisotopic (exact) mass is 340 g/mol. The van der Waals surface area contributed by atoms with Gasteiger partial charge in [-0.1, -0.05) is 74.7 Å². The molecule has 1 fully saturated rings. The Morgan fingerprint density at radius 1 is 0.875 bits per heavy atom. The topological polar surface area (TPSA) is 0 Å². The summed E-state index contributed by atoms with van der Waals surface area (Å²) in [5.74, 6) is 2.17. The van der Waals surface area contributed by atoms with Gasteiger partial charge in [-0.25, -0.2) is 0 Å². The lowest BCUT2D eigenvalue weighted by molar-refractivity contribution is 0.308. The molecule has 2 aromatic rings. The van der Waals surface area contributed by atoms with Gasteiger partial charge in [0, 0.05) is 10.9 Å². The number of hydrogen-bond acceptors (Lipinski definition) is 0. The highest BCUT2D eigenvalue weighted by Crippen LogP contribution is 2.38. The van der Waals surface area contributed by atoms with Gasteiger partial charge in [0.05, 0.1) is 0 Å². The molecule has 0 radical (unpaired) electrons. The van der Waals surface area contributed by atoms with Crippen LogP contribution in [0.3, 0.4) is 0 Å². The van der Waals surface area contributed by atoms with Crippen LogP contribution in [0.25, 0.3) is 0 Å². The van der Waals surface area contributed by atoms with Crippen LogP contribution < -0.4 is 0 Å². The average molecular weight is 341 g/mol. The molecule has 0 N–H and O–H groups in total. The summed E-state index contributed by atoms with van der Waals surface area (Å²) in [4.78, 5) is 0. The Balaban J connectivity index is 1.64. The van der Waals surface area contributed by atoms with Gasteiger partial charge in [0.25, 0.3) is 0 Å². The van der Waals surface area contributed by atoms with Crippen LogP contribution in [0.5, 0.6) is 0 Å². The van der Waals surface area contributed by atoms with E-state index in [1.165, 1.54) is 55.2 Å². The summed E-state index contributed by atoms with van der Waals surface area (Å²) in [5, 5.41) is 0.806. The van der Waals surface area contributed by atoms with E-state index in [1.807, 2.05) is 12.1 Å². The summed E-state index contributed by atoms with van der Waals surface area (Å²) in [5.41, 5.74) is 4.25. The highest BCUT2D eigenvalue weighted by atomic mass is 35.5. The quantitative estimate of drug-likeness (QED) is 0.526. The van der Waals surface area contributed by atoms with Crippen LogP contribution in [-0.4, -0.2) is 0 Å². The van der Waals surface area contributed by atoms with Gasteiger partial charge in [0.1, 0.15) is 0 Å². The predicted molar refractivity (Wildman–Crippen MR) is 105 cm³/mol. The molecule has 1 saturated carbocycles. The Morgan fingerprint density at radius 3 is 1.96 bits per heavy atom. The van der Waals surface area contributed by atoms with Gasteiger partial charge < -0.3 is 0 Å². The Bertz CT molecular complexity index is 618. The normalized spacial score (nSPS) is 22.3. The summed E-state index contributed by atoms with van der Waals surface area (Å²) in [7, 11) is 0. The Labute approximate surface area is 152 Å². The van der Waals surface area contributed by atoms with Gasteiger partial charge in [-0.3, -0.25) is 0 Å². The van der Waals surface area contributed by atoms with E-state index < -0.39 is 0 Å². The fraction of sp³-hybridized carbons (Fsp3) is 0.478. The third-order valence-electron chi connectivity index (χ3n) is 5.82. The van der Waals surface area contributed by atoms with Crippen LogP contribution in [-0.2, 0) is 0 Å². The van der Waals surface area contributed by atoms with E-state index in [0.29, 0.717) is 5.92 Å². The van der Waals surface area contributed by atoms with Crippen molar-refractivity contribution in [1.29, 1.82) is 0 Å². The maximum Gasteiger partial charge on any atom is 0.0406 e. The van der Waals surface area contributed by atoms with Gasteiger partial charge in [0.2, 0.25) is 0 Å². The van der Waals surface area contributed by atoms with Crippen LogP contribution in [0.1, 0.15) is 80.9 Å². The highest BCUT2D eigenvalue weighted by molar-refractivity contribution is 6.30. The lowest BCUT2D eigenvalue weighted by Crippen LogP contribution is -2.13. The fourth-order valence-corrected chi connectivity index (χ4v) is 4.32. The third kappa shape index (κ3) is 4.22. The fourth-order valence-electron chi connectivity index (χ4n) is 4.19. The van der Waals surface area contributed by atoms with E-state index >= 15 is 0 Å². The first-order chi connectivity index (χ1) is 11.7. The Hall–Kier alpha value is -1.27. The molecule has 1 atom stereocenters. The first kappa shape index (κ1) is 17.5. The van der Waals surface area contributed by atoms with Crippen molar-refractivity contribution < 1.29 is 0 Å². The van der Waals surface area contributed by atoms with E-state index in [0.717, 1.165) is 16.9 Å². The maximum atomic E-state index is 6.00. The molecular formula is C23H29Cl. The molecule has 0 amide bonds. The molecule has 1 heteroatoms. The van der Waals surface area contributed by atoms with E-state index in [1.54, 1.807) is 0 Å². The van der Waals surface area contributed by atoms with Crippen molar-refractivity contribution in [2.45, 2.75) is 64.2 Å². The average Bonchev–Trinajstić information content (AvgIpc) is 2.63. The zero-order chi connectivity index (χ0) is 16.9. The Kier molecular flexibility index (Phi) is 6.00. The molecule has 1 aliphatic carbocycles. The van der Waals surface area contributed by atoms with Gasteiger partial charge in [-0.05, 0) is 66.3 Å². The van der Waals surface area contributed by atoms with Gasteiger partial charge in [-0.2, -0.15) is 0 Å². The SMILES string of the molecule is CCCC1CCC(c2ccc(C(C)c3ccc(Cl)cc3)cc2)CC1. The van der Waals surface area contributed by atoms with E-state index in [4.69, 9.17) is 11.6 Å². The third-order valence-corrected chi connectivity index (χ3v) is 6.07. The first-order valence-corrected chi connectivity index (χ1v) is 9.90. The molecule has 1 unspecified atom stereocenters. The smallest absolute Gasteiger partial charge is 0.0406 e. The van der Waals surface area contributed by atoms with Gasteiger partial charge >= 0.3 is 0 Å². The van der Waals surface area contributed by atoms with E-state index in [-0.39, 0.29) is 0 Å². The van der Waals surface area contributed by atoms with E-state index in [9.17, 15) is 0 Å². The molecule has 24 heavy (non-hydrogen) atoms. The molecule has 0 bridgehead atoms. The van der Waals surface area contributed by atoms with Crippen LogP contribution in [0, 0.1) is 5.92 Å².